The number of piperidine rings is 1. The van der Waals surface area contributed by atoms with Crippen LogP contribution in [-0.4, -0.2) is 55.2 Å². The van der Waals surface area contributed by atoms with Gasteiger partial charge in [0.15, 0.2) is 0 Å². The number of fused-ring (bicyclic) bond motifs is 1. The number of rotatable bonds is 5. The number of alkyl halides is 3. The molecule has 2 aliphatic heterocycles. The third kappa shape index (κ3) is 4.60. The maximum Gasteiger partial charge on any atom is 0.417 e. The Morgan fingerprint density at radius 1 is 1.29 bits per heavy atom. The Bertz CT molecular complexity index is 1100. The number of carbonyl (C=O) groups excluding carboxylic acids is 1. The maximum absolute atomic E-state index is 13.5. The Labute approximate surface area is 196 Å². The Balaban J connectivity index is 1.58. The largest absolute Gasteiger partial charge is 0.417 e. The van der Waals surface area contributed by atoms with Crippen LogP contribution < -0.4 is 4.90 Å². The van der Waals surface area contributed by atoms with Gasteiger partial charge >= 0.3 is 6.18 Å². The first-order valence-corrected chi connectivity index (χ1v) is 11.3. The van der Waals surface area contributed by atoms with Crippen LogP contribution >= 0.6 is 0 Å². The molecule has 0 aliphatic carbocycles. The number of ether oxygens (including phenoxy) is 1. The maximum atomic E-state index is 13.5. The summed E-state index contributed by atoms with van der Waals surface area (Å²) in [5.74, 6) is -0.0535. The third-order valence-electron chi connectivity index (χ3n) is 6.97. The number of nitrogens with zero attached hydrogens (tertiary/aromatic N) is 4. The molecule has 0 spiro atoms. The second-order valence-electron chi connectivity index (χ2n) is 9.11. The van der Waals surface area contributed by atoms with Crippen molar-refractivity contribution in [1.82, 2.24) is 9.88 Å². The van der Waals surface area contributed by atoms with Gasteiger partial charge in [0, 0.05) is 61.7 Å². The molecule has 9 heteroatoms. The fourth-order valence-electron chi connectivity index (χ4n) is 5.05. The quantitative estimate of drug-likeness (QED) is 0.650. The van der Waals surface area contributed by atoms with Gasteiger partial charge in [0.25, 0.3) is 5.91 Å². The van der Waals surface area contributed by atoms with Gasteiger partial charge in [0.05, 0.1) is 29.4 Å². The highest BCUT2D eigenvalue weighted by molar-refractivity contribution is 5.94. The summed E-state index contributed by atoms with van der Waals surface area (Å²) in [6.45, 7) is 6.92. The van der Waals surface area contributed by atoms with E-state index in [2.05, 4.69) is 4.98 Å². The Kier molecular flexibility index (Phi) is 6.54. The van der Waals surface area contributed by atoms with Crippen LogP contribution in [0.2, 0.25) is 0 Å². The lowest BCUT2D eigenvalue weighted by Gasteiger charge is -2.44. The number of aryl methyl sites for hydroxylation is 1. The van der Waals surface area contributed by atoms with Gasteiger partial charge < -0.3 is 14.5 Å². The molecule has 2 aliphatic rings. The van der Waals surface area contributed by atoms with Crippen molar-refractivity contribution in [3.05, 3.63) is 58.9 Å². The average Bonchev–Trinajstić information content (AvgIpc) is 3.21. The Morgan fingerprint density at radius 3 is 2.74 bits per heavy atom. The number of hydrogen-bond acceptors (Lipinski definition) is 5. The summed E-state index contributed by atoms with van der Waals surface area (Å²) >= 11 is 0. The lowest BCUT2D eigenvalue weighted by atomic mass is 9.73. The summed E-state index contributed by atoms with van der Waals surface area (Å²) in [6.07, 6.45) is -2.33. The molecule has 1 aromatic heterocycles. The monoisotopic (exact) mass is 472 g/mol. The van der Waals surface area contributed by atoms with Gasteiger partial charge in [-0.3, -0.25) is 9.78 Å². The molecule has 3 heterocycles. The number of carbonyl (C=O) groups is 1. The number of aromatic nitrogens is 1. The highest BCUT2D eigenvalue weighted by Gasteiger charge is 2.51. The van der Waals surface area contributed by atoms with Gasteiger partial charge in [0.1, 0.15) is 0 Å². The number of pyridine rings is 1. The molecule has 2 fully saturated rings. The van der Waals surface area contributed by atoms with E-state index in [9.17, 15) is 18.0 Å². The molecule has 1 amide bonds. The summed E-state index contributed by atoms with van der Waals surface area (Å²) in [5.41, 5.74) is 0.228. The van der Waals surface area contributed by atoms with E-state index >= 15 is 0 Å². The molecule has 4 rings (SSSR count). The van der Waals surface area contributed by atoms with Crippen molar-refractivity contribution >= 4 is 11.6 Å². The fourth-order valence-corrected chi connectivity index (χ4v) is 5.05. The normalized spacial score (nSPS) is 22.4. The van der Waals surface area contributed by atoms with Gasteiger partial charge in [-0.25, -0.2) is 0 Å². The van der Waals surface area contributed by atoms with Crippen molar-refractivity contribution in [2.24, 2.45) is 11.3 Å². The molecular weight excluding hydrogens is 445 g/mol. The Hall–Kier alpha value is -3.12. The topological polar surface area (TPSA) is 69.5 Å². The van der Waals surface area contributed by atoms with Crippen LogP contribution in [0.25, 0.3) is 0 Å². The summed E-state index contributed by atoms with van der Waals surface area (Å²) < 4.78 is 46.3. The Morgan fingerprint density at radius 2 is 2.09 bits per heavy atom. The highest BCUT2D eigenvalue weighted by Crippen LogP contribution is 2.45. The zero-order valence-corrected chi connectivity index (χ0v) is 19.2. The molecule has 2 aromatic rings. The van der Waals surface area contributed by atoms with Gasteiger partial charge in [0.2, 0.25) is 0 Å². The molecule has 2 saturated heterocycles. The lowest BCUT2D eigenvalue weighted by molar-refractivity contribution is -0.137. The molecular formula is C25H27F3N4O2. The zero-order chi connectivity index (χ0) is 24.5. The van der Waals surface area contributed by atoms with Crippen LogP contribution in [-0.2, 0) is 10.9 Å². The van der Waals surface area contributed by atoms with E-state index in [1.54, 1.807) is 30.5 Å². The van der Waals surface area contributed by atoms with E-state index in [1.807, 2.05) is 23.6 Å². The van der Waals surface area contributed by atoms with E-state index in [0.29, 0.717) is 57.1 Å². The van der Waals surface area contributed by atoms with Crippen LogP contribution in [0.15, 0.2) is 36.5 Å². The molecule has 1 aromatic carbocycles. The van der Waals surface area contributed by atoms with Crippen molar-refractivity contribution in [1.29, 1.82) is 5.26 Å². The van der Waals surface area contributed by atoms with Crippen molar-refractivity contribution in [3.63, 3.8) is 0 Å². The standard InChI is InChI=1S/C25H27F3N4O2/c1-3-34-16-24-8-9-31(21-7-6-18(11-29)22(10-21)25(26,27)28)13-20(24)14-32(15-24)23(33)19-5-4-17(2)30-12-19/h4-7,10,12,20H,3,8-9,13-16H2,1-2H3. The third-order valence-corrected chi connectivity index (χ3v) is 6.97. The number of likely N-dealkylation sites (tertiary alicyclic amines) is 1. The summed E-state index contributed by atoms with van der Waals surface area (Å²) in [5, 5.41) is 9.09. The molecule has 2 atom stereocenters. The molecule has 0 N–H and O–H groups in total. The van der Waals surface area contributed by atoms with Crippen molar-refractivity contribution < 1.29 is 22.7 Å². The first kappa shape index (κ1) is 24.0. The first-order chi connectivity index (χ1) is 16.2. The molecule has 34 heavy (non-hydrogen) atoms. The van der Waals surface area contributed by atoms with Gasteiger partial charge in [-0.05, 0) is 50.6 Å². The van der Waals surface area contributed by atoms with Crippen LogP contribution in [0.5, 0.6) is 0 Å². The summed E-state index contributed by atoms with van der Waals surface area (Å²) in [7, 11) is 0. The molecule has 0 bridgehead atoms. The second kappa shape index (κ2) is 9.26. The van der Waals surface area contributed by atoms with Crippen LogP contribution in [0.3, 0.4) is 0 Å². The minimum absolute atomic E-state index is 0.0418. The van der Waals surface area contributed by atoms with Gasteiger partial charge in [-0.2, -0.15) is 18.4 Å². The predicted octanol–water partition coefficient (Wildman–Crippen LogP) is 4.29. The highest BCUT2D eigenvalue weighted by atomic mass is 19.4. The van der Waals surface area contributed by atoms with Gasteiger partial charge in [-0.15, -0.1) is 0 Å². The molecule has 2 unspecified atom stereocenters. The minimum atomic E-state index is -4.60. The second-order valence-corrected chi connectivity index (χ2v) is 9.11. The number of benzene rings is 1. The van der Waals surface area contributed by atoms with Crippen molar-refractivity contribution in [2.75, 3.05) is 44.3 Å². The van der Waals surface area contributed by atoms with E-state index in [0.717, 1.165) is 11.8 Å². The fraction of sp³-hybridized carbons (Fsp3) is 0.480. The number of anilines is 1. The van der Waals surface area contributed by atoms with Crippen LogP contribution in [0.4, 0.5) is 18.9 Å². The van der Waals surface area contributed by atoms with Crippen LogP contribution in [0, 0.1) is 29.6 Å². The molecule has 180 valence electrons. The zero-order valence-electron chi connectivity index (χ0n) is 19.2. The first-order valence-electron chi connectivity index (χ1n) is 11.3. The number of halogens is 3. The SMILES string of the molecule is CCOCC12CCN(c3ccc(C#N)c(C(F)(F)F)c3)CC1CN(C(=O)c1ccc(C)nc1)C2. The molecule has 0 saturated carbocycles. The lowest BCUT2D eigenvalue weighted by Crippen LogP contribution is -2.49. The van der Waals surface area contributed by atoms with Crippen LogP contribution in [0.1, 0.15) is 40.5 Å². The number of nitriles is 1. The number of hydrogen-bond donors (Lipinski definition) is 0. The van der Waals surface area contributed by atoms with Gasteiger partial charge in [-0.1, -0.05) is 0 Å². The number of amides is 1. The van der Waals surface area contributed by atoms with E-state index in [-0.39, 0.29) is 22.8 Å². The van der Waals surface area contributed by atoms with E-state index < -0.39 is 11.7 Å². The summed E-state index contributed by atoms with van der Waals surface area (Å²) in [6, 6.07) is 9.06. The average molecular weight is 473 g/mol. The molecule has 0 radical (unpaired) electrons. The molecule has 6 nitrogen and oxygen atoms in total. The van der Waals surface area contributed by atoms with Crippen molar-refractivity contribution in [3.8, 4) is 6.07 Å². The summed E-state index contributed by atoms with van der Waals surface area (Å²) in [4.78, 5) is 21.1. The van der Waals surface area contributed by atoms with E-state index in [4.69, 9.17) is 10.00 Å². The van der Waals surface area contributed by atoms with E-state index in [1.165, 1.54) is 6.07 Å². The minimum Gasteiger partial charge on any atom is -0.381 e. The van der Waals surface area contributed by atoms with Crippen molar-refractivity contribution in [2.45, 2.75) is 26.4 Å². The smallest absolute Gasteiger partial charge is 0.381 e. The predicted molar refractivity (Wildman–Crippen MR) is 120 cm³/mol.